The maximum absolute atomic E-state index is 6.00. The predicted molar refractivity (Wildman–Crippen MR) is 96.9 cm³/mol. The number of nitrogens with zero attached hydrogens (tertiary/aromatic N) is 1. The number of nitrogens with one attached hydrogen (secondary N) is 1. The van der Waals surface area contributed by atoms with Gasteiger partial charge in [-0.3, -0.25) is 4.90 Å². The maximum atomic E-state index is 6.00. The van der Waals surface area contributed by atoms with E-state index in [0.29, 0.717) is 12.1 Å². The summed E-state index contributed by atoms with van der Waals surface area (Å²) < 4.78 is 11.9. The Morgan fingerprint density at radius 2 is 2.04 bits per heavy atom. The first-order chi connectivity index (χ1) is 10.3. The van der Waals surface area contributed by atoms with Crippen molar-refractivity contribution >= 4 is 35.8 Å². The Kier molecular flexibility index (Phi) is 6.34. The summed E-state index contributed by atoms with van der Waals surface area (Å²) in [6.07, 6.45) is 1.29. The second-order valence-electron chi connectivity index (χ2n) is 6.02. The topological polar surface area (TPSA) is 37.6 Å². The lowest BCUT2D eigenvalue weighted by molar-refractivity contribution is 0.0175. The molecule has 0 aliphatic carbocycles. The number of likely N-dealkylation sites (tertiary alicyclic amines) is 1. The molecule has 4 rings (SSSR count). The van der Waals surface area contributed by atoms with E-state index in [1.165, 1.54) is 10.9 Å². The highest BCUT2D eigenvalue weighted by Crippen LogP contribution is 2.29. The van der Waals surface area contributed by atoms with Crippen LogP contribution in [0.1, 0.15) is 18.2 Å². The van der Waals surface area contributed by atoms with Gasteiger partial charge in [0.2, 0.25) is 0 Å². The standard InChI is InChI=1S/C17H22N2O2.2ClH/c1-2-15-13(12-5-3-4-6-16(12)21-15)9-19-10-14-17(11-19)20-8-7-18-14;;/h3-6,14,17-18H,2,7-11H2,1H3;2*1H/t14-,17-;;/m0../s1. The molecule has 0 bridgehead atoms. The number of benzene rings is 1. The lowest BCUT2D eigenvalue weighted by Crippen LogP contribution is -2.47. The lowest BCUT2D eigenvalue weighted by atomic mass is 10.1. The van der Waals surface area contributed by atoms with Gasteiger partial charge < -0.3 is 14.5 Å². The average Bonchev–Trinajstić information content (AvgIpc) is 3.08. The van der Waals surface area contributed by atoms with E-state index in [0.717, 1.165) is 50.5 Å². The van der Waals surface area contributed by atoms with Crippen LogP contribution in [0.25, 0.3) is 11.0 Å². The van der Waals surface area contributed by atoms with Crippen molar-refractivity contribution in [3.8, 4) is 0 Å². The molecule has 2 fully saturated rings. The smallest absolute Gasteiger partial charge is 0.134 e. The largest absolute Gasteiger partial charge is 0.461 e. The first-order valence-electron chi connectivity index (χ1n) is 7.91. The third-order valence-electron chi connectivity index (χ3n) is 4.67. The normalized spacial score (nSPS) is 24.0. The van der Waals surface area contributed by atoms with E-state index in [4.69, 9.17) is 9.15 Å². The fourth-order valence-electron chi connectivity index (χ4n) is 3.63. The number of para-hydroxylation sites is 1. The Balaban J connectivity index is 0.000000960. The molecule has 23 heavy (non-hydrogen) atoms. The van der Waals surface area contributed by atoms with Gasteiger partial charge in [0, 0.05) is 49.6 Å². The number of morpholine rings is 1. The van der Waals surface area contributed by atoms with Gasteiger partial charge in [-0.05, 0) is 6.07 Å². The van der Waals surface area contributed by atoms with Crippen molar-refractivity contribution in [2.24, 2.45) is 0 Å². The summed E-state index contributed by atoms with van der Waals surface area (Å²) in [7, 11) is 0. The minimum absolute atomic E-state index is 0. The summed E-state index contributed by atoms with van der Waals surface area (Å²) in [4.78, 5) is 2.49. The molecule has 2 aliphatic heterocycles. The molecule has 1 aromatic carbocycles. The van der Waals surface area contributed by atoms with Gasteiger partial charge in [0.25, 0.3) is 0 Å². The van der Waals surface area contributed by atoms with Crippen LogP contribution >= 0.6 is 24.8 Å². The zero-order valence-corrected chi connectivity index (χ0v) is 14.9. The summed E-state index contributed by atoms with van der Waals surface area (Å²) >= 11 is 0. The number of hydrogen-bond donors (Lipinski definition) is 1. The van der Waals surface area contributed by atoms with E-state index in [2.05, 4.69) is 35.3 Å². The molecule has 0 amide bonds. The zero-order valence-electron chi connectivity index (χ0n) is 13.3. The average molecular weight is 359 g/mol. The summed E-state index contributed by atoms with van der Waals surface area (Å²) in [6.45, 7) is 7.01. The molecule has 2 aliphatic rings. The van der Waals surface area contributed by atoms with Crippen molar-refractivity contribution < 1.29 is 9.15 Å². The molecule has 0 saturated carbocycles. The van der Waals surface area contributed by atoms with Gasteiger partial charge in [-0.1, -0.05) is 25.1 Å². The highest BCUT2D eigenvalue weighted by atomic mass is 35.5. The Labute approximate surface area is 149 Å². The Hall–Kier alpha value is -0.780. The molecule has 1 N–H and O–H groups in total. The minimum Gasteiger partial charge on any atom is -0.461 e. The second kappa shape index (κ2) is 7.86. The quantitative estimate of drug-likeness (QED) is 0.914. The van der Waals surface area contributed by atoms with E-state index in [1.807, 2.05) is 6.07 Å². The number of halogens is 2. The molecule has 2 aromatic rings. The molecule has 2 atom stereocenters. The molecule has 3 heterocycles. The number of furan rings is 1. The number of ether oxygens (including phenoxy) is 1. The van der Waals surface area contributed by atoms with Crippen LogP contribution in [0.15, 0.2) is 28.7 Å². The van der Waals surface area contributed by atoms with Crippen LogP contribution in [0.4, 0.5) is 0 Å². The fraction of sp³-hybridized carbons (Fsp3) is 0.529. The molecule has 2 saturated heterocycles. The van der Waals surface area contributed by atoms with Gasteiger partial charge in [-0.15, -0.1) is 24.8 Å². The zero-order chi connectivity index (χ0) is 14.2. The number of hydrogen-bond acceptors (Lipinski definition) is 4. The van der Waals surface area contributed by atoms with E-state index < -0.39 is 0 Å². The van der Waals surface area contributed by atoms with Crippen molar-refractivity contribution in [1.82, 2.24) is 10.2 Å². The molecule has 6 heteroatoms. The van der Waals surface area contributed by atoms with Gasteiger partial charge in [0.15, 0.2) is 0 Å². The molecule has 0 spiro atoms. The first kappa shape index (κ1) is 18.6. The molecule has 1 aromatic heterocycles. The predicted octanol–water partition coefficient (Wildman–Crippen LogP) is 3.01. The van der Waals surface area contributed by atoms with E-state index in [-0.39, 0.29) is 24.8 Å². The molecule has 0 unspecified atom stereocenters. The fourth-order valence-corrected chi connectivity index (χ4v) is 3.63. The van der Waals surface area contributed by atoms with Crippen LogP contribution in [0.5, 0.6) is 0 Å². The monoisotopic (exact) mass is 358 g/mol. The highest BCUT2D eigenvalue weighted by molar-refractivity contribution is 5.85. The van der Waals surface area contributed by atoms with Crippen molar-refractivity contribution in [3.63, 3.8) is 0 Å². The van der Waals surface area contributed by atoms with Crippen molar-refractivity contribution in [3.05, 3.63) is 35.6 Å². The van der Waals surface area contributed by atoms with Crippen LogP contribution in [-0.4, -0.2) is 43.3 Å². The van der Waals surface area contributed by atoms with Crippen LogP contribution in [0.2, 0.25) is 0 Å². The van der Waals surface area contributed by atoms with Crippen molar-refractivity contribution in [1.29, 1.82) is 0 Å². The van der Waals surface area contributed by atoms with Gasteiger partial charge in [-0.2, -0.15) is 0 Å². The van der Waals surface area contributed by atoms with E-state index in [1.54, 1.807) is 0 Å². The number of aryl methyl sites for hydroxylation is 1. The van der Waals surface area contributed by atoms with E-state index >= 15 is 0 Å². The Bertz CT molecular complexity index is 633. The molecule has 4 nitrogen and oxygen atoms in total. The van der Waals surface area contributed by atoms with E-state index in [9.17, 15) is 0 Å². The summed E-state index contributed by atoms with van der Waals surface area (Å²) in [5, 5.41) is 4.83. The third-order valence-corrected chi connectivity index (χ3v) is 4.67. The van der Waals surface area contributed by atoms with Crippen molar-refractivity contribution in [2.75, 3.05) is 26.2 Å². The lowest BCUT2D eigenvalue weighted by Gasteiger charge is -2.25. The van der Waals surface area contributed by atoms with Gasteiger partial charge in [0.1, 0.15) is 11.3 Å². The van der Waals surface area contributed by atoms with Crippen molar-refractivity contribution in [2.45, 2.75) is 32.0 Å². The summed E-state index contributed by atoms with van der Waals surface area (Å²) in [6, 6.07) is 8.85. The summed E-state index contributed by atoms with van der Waals surface area (Å²) in [5.41, 5.74) is 2.36. The molecular weight excluding hydrogens is 335 g/mol. The number of rotatable bonds is 3. The van der Waals surface area contributed by atoms with Gasteiger partial charge in [-0.25, -0.2) is 0 Å². The maximum Gasteiger partial charge on any atom is 0.134 e. The first-order valence-corrected chi connectivity index (χ1v) is 7.91. The number of fused-ring (bicyclic) bond motifs is 2. The SMILES string of the molecule is CCc1oc2ccccc2c1CN1C[C@@H]2NCCO[C@H]2C1.Cl.Cl. The van der Waals surface area contributed by atoms with Crippen LogP contribution in [0, 0.1) is 0 Å². The molecule has 128 valence electrons. The van der Waals surface area contributed by atoms with Crippen LogP contribution < -0.4 is 5.32 Å². The van der Waals surface area contributed by atoms with Gasteiger partial charge >= 0.3 is 0 Å². The minimum atomic E-state index is 0. The third kappa shape index (κ3) is 3.52. The molecular formula is C17H24Cl2N2O2. The highest BCUT2D eigenvalue weighted by Gasteiger charge is 2.35. The summed E-state index contributed by atoms with van der Waals surface area (Å²) in [5.74, 6) is 1.12. The van der Waals surface area contributed by atoms with Crippen LogP contribution in [0.3, 0.4) is 0 Å². The molecule has 0 radical (unpaired) electrons. The Morgan fingerprint density at radius 1 is 1.22 bits per heavy atom. The second-order valence-corrected chi connectivity index (χ2v) is 6.02. The Morgan fingerprint density at radius 3 is 2.83 bits per heavy atom. The van der Waals surface area contributed by atoms with Crippen LogP contribution in [-0.2, 0) is 17.7 Å². The van der Waals surface area contributed by atoms with Gasteiger partial charge in [0.05, 0.1) is 12.7 Å².